The van der Waals surface area contributed by atoms with Gasteiger partial charge in [0.05, 0.1) is 34.0 Å². The van der Waals surface area contributed by atoms with Crippen LogP contribution in [0.25, 0.3) is 22.1 Å². The SMILES string of the molecule is Nc1nc(Nc2c(Cl)ccc3nsnc23)c2cn[nH]c2n1. The van der Waals surface area contributed by atoms with E-state index < -0.39 is 0 Å². The van der Waals surface area contributed by atoms with Crippen molar-refractivity contribution in [3.05, 3.63) is 23.4 Å². The van der Waals surface area contributed by atoms with Crippen molar-refractivity contribution in [3.63, 3.8) is 0 Å². The molecule has 3 aromatic heterocycles. The molecule has 0 aliphatic carbocycles. The molecule has 0 unspecified atom stereocenters. The molecule has 104 valence electrons. The molecule has 0 spiro atoms. The number of H-pyrrole nitrogens is 1. The van der Waals surface area contributed by atoms with Crippen molar-refractivity contribution in [2.75, 3.05) is 11.1 Å². The molecule has 1 aromatic carbocycles. The van der Waals surface area contributed by atoms with Gasteiger partial charge in [0.1, 0.15) is 16.9 Å². The first kappa shape index (κ1) is 12.2. The lowest BCUT2D eigenvalue weighted by Gasteiger charge is -2.09. The summed E-state index contributed by atoms with van der Waals surface area (Å²) in [6.45, 7) is 0. The number of nitrogen functional groups attached to an aromatic ring is 1. The number of nitrogens with two attached hydrogens (primary N) is 1. The normalized spacial score (nSPS) is 11.3. The van der Waals surface area contributed by atoms with Gasteiger partial charge < -0.3 is 11.1 Å². The minimum atomic E-state index is 0.133. The molecule has 3 heterocycles. The van der Waals surface area contributed by atoms with Crippen LogP contribution < -0.4 is 11.1 Å². The number of anilines is 3. The first-order valence-electron chi connectivity index (χ1n) is 5.87. The molecule has 4 N–H and O–H groups in total. The molecule has 10 heteroatoms. The third-order valence-corrected chi connectivity index (χ3v) is 3.81. The Hall–Kier alpha value is -2.52. The van der Waals surface area contributed by atoms with Gasteiger partial charge in [-0.15, -0.1) is 0 Å². The average Bonchev–Trinajstić information content (AvgIpc) is 3.09. The number of aromatic amines is 1. The van der Waals surface area contributed by atoms with Crippen molar-refractivity contribution < 1.29 is 0 Å². The molecule has 0 bridgehead atoms. The highest BCUT2D eigenvalue weighted by Crippen LogP contribution is 2.33. The Bertz CT molecular complexity index is 961. The van der Waals surface area contributed by atoms with Gasteiger partial charge in [0.25, 0.3) is 0 Å². The van der Waals surface area contributed by atoms with Crippen LogP contribution in [-0.4, -0.2) is 28.9 Å². The van der Waals surface area contributed by atoms with Gasteiger partial charge in [-0.1, -0.05) is 11.6 Å². The van der Waals surface area contributed by atoms with Gasteiger partial charge >= 0.3 is 0 Å². The summed E-state index contributed by atoms with van der Waals surface area (Å²) in [5.41, 5.74) is 8.32. The van der Waals surface area contributed by atoms with E-state index in [1.165, 1.54) is 0 Å². The van der Waals surface area contributed by atoms with Gasteiger partial charge in [-0.05, 0) is 12.1 Å². The second kappa shape index (κ2) is 4.50. The van der Waals surface area contributed by atoms with E-state index in [0.717, 1.165) is 17.2 Å². The van der Waals surface area contributed by atoms with Crippen LogP contribution in [0.4, 0.5) is 17.5 Å². The lowest BCUT2D eigenvalue weighted by atomic mass is 10.2. The number of nitrogens with one attached hydrogen (secondary N) is 2. The molecule has 0 saturated carbocycles. The minimum Gasteiger partial charge on any atom is -0.368 e. The van der Waals surface area contributed by atoms with E-state index in [-0.39, 0.29) is 5.95 Å². The summed E-state index contributed by atoms with van der Waals surface area (Å²) in [5, 5.41) is 11.1. The molecule has 4 rings (SSSR count). The Kier molecular flexibility index (Phi) is 2.62. The summed E-state index contributed by atoms with van der Waals surface area (Å²) >= 11 is 7.37. The number of rotatable bonds is 2. The third-order valence-electron chi connectivity index (χ3n) is 2.95. The summed E-state index contributed by atoms with van der Waals surface area (Å²) in [7, 11) is 0. The summed E-state index contributed by atoms with van der Waals surface area (Å²) in [4.78, 5) is 8.26. The van der Waals surface area contributed by atoms with Crippen LogP contribution in [0.1, 0.15) is 0 Å². The number of hydrogen-bond acceptors (Lipinski definition) is 8. The molecule has 21 heavy (non-hydrogen) atoms. The number of nitrogens with zero attached hydrogens (tertiary/aromatic N) is 5. The van der Waals surface area contributed by atoms with Crippen molar-refractivity contribution in [2.45, 2.75) is 0 Å². The zero-order valence-electron chi connectivity index (χ0n) is 10.3. The summed E-state index contributed by atoms with van der Waals surface area (Å²) in [6, 6.07) is 3.57. The van der Waals surface area contributed by atoms with E-state index in [4.69, 9.17) is 17.3 Å². The first-order chi connectivity index (χ1) is 10.2. The van der Waals surface area contributed by atoms with Crippen molar-refractivity contribution in [1.82, 2.24) is 28.9 Å². The van der Waals surface area contributed by atoms with Crippen LogP contribution in [0.5, 0.6) is 0 Å². The number of aromatic nitrogens is 6. The quantitative estimate of drug-likeness (QED) is 0.519. The van der Waals surface area contributed by atoms with Crippen LogP contribution in [-0.2, 0) is 0 Å². The number of fused-ring (bicyclic) bond motifs is 2. The molecular formula is C11H7ClN8S. The number of benzene rings is 1. The Balaban J connectivity index is 1.92. The van der Waals surface area contributed by atoms with Crippen molar-refractivity contribution in [2.24, 2.45) is 0 Å². The second-order valence-corrected chi connectivity index (χ2v) is 5.18. The fourth-order valence-corrected chi connectivity index (χ4v) is 2.75. The van der Waals surface area contributed by atoms with Crippen molar-refractivity contribution in [3.8, 4) is 0 Å². The van der Waals surface area contributed by atoms with Gasteiger partial charge in [-0.3, -0.25) is 5.10 Å². The molecule has 0 fully saturated rings. The maximum atomic E-state index is 6.25. The standard InChI is InChI=1S/C11H7ClN8S/c12-5-1-2-6-8(20-21-19-6)7(5)15-9-4-3-14-18-10(4)17-11(13)16-9/h1-3H,(H4,13,14,15,16,17,18). The van der Waals surface area contributed by atoms with Crippen LogP contribution >= 0.6 is 23.3 Å². The van der Waals surface area contributed by atoms with Gasteiger partial charge in [0.2, 0.25) is 5.95 Å². The van der Waals surface area contributed by atoms with Crippen LogP contribution in [0.15, 0.2) is 18.3 Å². The second-order valence-electron chi connectivity index (χ2n) is 4.24. The zero-order chi connectivity index (χ0) is 14.4. The lowest BCUT2D eigenvalue weighted by Crippen LogP contribution is -2.01. The van der Waals surface area contributed by atoms with Crippen molar-refractivity contribution in [1.29, 1.82) is 0 Å². The Morgan fingerprint density at radius 3 is 3.05 bits per heavy atom. The summed E-state index contributed by atoms with van der Waals surface area (Å²) in [6.07, 6.45) is 1.62. The maximum Gasteiger partial charge on any atom is 0.224 e. The van der Waals surface area contributed by atoms with Crippen LogP contribution in [0.2, 0.25) is 5.02 Å². The maximum absolute atomic E-state index is 6.25. The molecule has 0 amide bonds. The third kappa shape index (κ3) is 1.94. The van der Waals surface area contributed by atoms with E-state index in [2.05, 4.69) is 34.2 Å². The van der Waals surface area contributed by atoms with Gasteiger partial charge in [0, 0.05) is 0 Å². The molecule has 0 radical (unpaired) electrons. The Morgan fingerprint density at radius 2 is 2.14 bits per heavy atom. The van der Waals surface area contributed by atoms with E-state index in [1.54, 1.807) is 12.3 Å². The molecule has 0 aliphatic heterocycles. The predicted molar refractivity (Wildman–Crippen MR) is 81.8 cm³/mol. The zero-order valence-corrected chi connectivity index (χ0v) is 11.9. The van der Waals surface area contributed by atoms with Crippen LogP contribution in [0, 0.1) is 0 Å². The molecule has 8 nitrogen and oxygen atoms in total. The molecule has 4 aromatic rings. The average molecular weight is 319 g/mol. The lowest BCUT2D eigenvalue weighted by molar-refractivity contribution is 1.09. The van der Waals surface area contributed by atoms with Gasteiger partial charge in [-0.2, -0.15) is 23.8 Å². The first-order valence-corrected chi connectivity index (χ1v) is 6.97. The van der Waals surface area contributed by atoms with Gasteiger partial charge in [-0.25, -0.2) is 0 Å². The van der Waals surface area contributed by atoms with E-state index in [0.29, 0.717) is 33.1 Å². The number of halogens is 1. The molecule has 0 atom stereocenters. The van der Waals surface area contributed by atoms with E-state index in [1.807, 2.05) is 6.07 Å². The molecule has 0 aliphatic rings. The Morgan fingerprint density at radius 1 is 1.24 bits per heavy atom. The Labute approximate surface area is 126 Å². The summed E-state index contributed by atoms with van der Waals surface area (Å²) in [5.74, 6) is 0.641. The number of hydrogen-bond donors (Lipinski definition) is 3. The monoisotopic (exact) mass is 318 g/mol. The van der Waals surface area contributed by atoms with E-state index in [9.17, 15) is 0 Å². The fourth-order valence-electron chi connectivity index (χ4n) is 2.01. The highest BCUT2D eigenvalue weighted by atomic mass is 35.5. The highest BCUT2D eigenvalue weighted by Gasteiger charge is 2.14. The van der Waals surface area contributed by atoms with E-state index >= 15 is 0 Å². The molecule has 0 saturated heterocycles. The smallest absolute Gasteiger partial charge is 0.224 e. The largest absolute Gasteiger partial charge is 0.368 e. The molecular weight excluding hydrogens is 312 g/mol. The predicted octanol–water partition coefficient (Wildman–Crippen LogP) is 2.34. The van der Waals surface area contributed by atoms with Crippen LogP contribution in [0.3, 0.4) is 0 Å². The minimum absolute atomic E-state index is 0.133. The summed E-state index contributed by atoms with van der Waals surface area (Å²) < 4.78 is 8.44. The highest BCUT2D eigenvalue weighted by molar-refractivity contribution is 7.00. The van der Waals surface area contributed by atoms with Gasteiger partial charge in [0.15, 0.2) is 5.65 Å². The fraction of sp³-hybridized carbons (Fsp3) is 0. The van der Waals surface area contributed by atoms with Crippen molar-refractivity contribution >= 4 is 62.8 Å². The topological polar surface area (TPSA) is 118 Å².